The molecule has 1 heterocycles. The summed E-state index contributed by atoms with van der Waals surface area (Å²) in [6, 6.07) is 13.4. The smallest absolute Gasteiger partial charge is 0.220 e. The molecule has 0 amide bonds. The van der Waals surface area contributed by atoms with Crippen LogP contribution in [0.4, 0.5) is 5.95 Å². The zero-order chi connectivity index (χ0) is 15.5. The van der Waals surface area contributed by atoms with Gasteiger partial charge in [-0.15, -0.1) is 0 Å². The van der Waals surface area contributed by atoms with Crippen LogP contribution in [0, 0.1) is 6.92 Å². The molecule has 2 aromatic carbocycles. The molecule has 3 aromatic rings. The van der Waals surface area contributed by atoms with Gasteiger partial charge in [-0.25, -0.2) is 9.97 Å². The van der Waals surface area contributed by atoms with Crippen LogP contribution in [0.3, 0.4) is 0 Å². The van der Waals surface area contributed by atoms with Crippen molar-refractivity contribution in [2.45, 2.75) is 13.3 Å². The first-order valence-corrected chi connectivity index (χ1v) is 7.41. The second-order valence-electron chi connectivity index (χ2n) is 5.05. The van der Waals surface area contributed by atoms with E-state index in [1.165, 1.54) is 0 Å². The number of rotatable bonds is 4. The van der Waals surface area contributed by atoms with Crippen molar-refractivity contribution >= 4 is 28.5 Å². The van der Waals surface area contributed by atoms with Gasteiger partial charge in [0.25, 0.3) is 0 Å². The van der Waals surface area contributed by atoms with Crippen LogP contribution in [0.15, 0.2) is 42.5 Å². The highest BCUT2D eigenvalue weighted by molar-refractivity contribution is 6.31. The van der Waals surface area contributed by atoms with Crippen LogP contribution in [0.5, 0.6) is 5.75 Å². The van der Waals surface area contributed by atoms with E-state index in [-0.39, 0.29) is 5.95 Å². The summed E-state index contributed by atoms with van der Waals surface area (Å²) < 4.78 is 5.83. The number of fused-ring (bicyclic) bond motifs is 1. The Morgan fingerprint density at radius 1 is 1.14 bits per heavy atom. The summed E-state index contributed by atoms with van der Waals surface area (Å²) in [7, 11) is 0. The van der Waals surface area contributed by atoms with Gasteiger partial charge in [-0.1, -0.05) is 29.8 Å². The summed E-state index contributed by atoms with van der Waals surface area (Å²) >= 11 is 6.06. The summed E-state index contributed by atoms with van der Waals surface area (Å²) in [4.78, 5) is 8.55. The predicted molar refractivity (Wildman–Crippen MR) is 89.3 cm³/mol. The Bertz CT molecular complexity index is 820. The van der Waals surface area contributed by atoms with Crippen molar-refractivity contribution in [1.29, 1.82) is 0 Å². The molecular weight excluding hydrogens is 298 g/mol. The Kier molecular flexibility index (Phi) is 4.11. The minimum absolute atomic E-state index is 0.265. The molecule has 0 bridgehead atoms. The highest BCUT2D eigenvalue weighted by Gasteiger charge is 2.08. The standard InChI is InChI=1S/C17H16ClN3O/c1-11-4-2-3-5-16(11)22-9-8-15-13-10-12(18)6-7-14(13)20-17(19)21-15/h2-7,10H,8-9H2,1H3,(H2,19,20,21). The maximum atomic E-state index is 6.06. The van der Waals surface area contributed by atoms with Crippen molar-refractivity contribution in [3.63, 3.8) is 0 Å². The quantitative estimate of drug-likeness (QED) is 0.796. The van der Waals surface area contributed by atoms with Gasteiger partial charge in [-0.3, -0.25) is 0 Å². The average molecular weight is 314 g/mol. The fourth-order valence-electron chi connectivity index (χ4n) is 2.35. The van der Waals surface area contributed by atoms with Crippen LogP contribution in [-0.2, 0) is 6.42 Å². The van der Waals surface area contributed by atoms with Gasteiger partial charge in [0, 0.05) is 16.8 Å². The van der Waals surface area contributed by atoms with Crippen LogP contribution in [0.2, 0.25) is 5.02 Å². The lowest BCUT2D eigenvalue weighted by atomic mass is 10.1. The van der Waals surface area contributed by atoms with E-state index < -0.39 is 0 Å². The average Bonchev–Trinajstić information content (AvgIpc) is 2.50. The number of halogens is 1. The second kappa shape index (κ2) is 6.20. The van der Waals surface area contributed by atoms with Crippen molar-refractivity contribution in [2.75, 3.05) is 12.3 Å². The molecule has 3 rings (SSSR count). The summed E-state index contributed by atoms with van der Waals surface area (Å²) in [5, 5.41) is 1.57. The van der Waals surface area contributed by atoms with E-state index in [0.717, 1.165) is 27.9 Å². The second-order valence-corrected chi connectivity index (χ2v) is 5.49. The van der Waals surface area contributed by atoms with E-state index in [2.05, 4.69) is 9.97 Å². The molecule has 0 aliphatic carbocycles. The molecule has 22 heavy (non-hydrogen) atoms. The molecule has 0 radical (unpaired) electrons. The van der Waals surface area contributed by atoms with Crippen molar-refractivity contribution in [3.8, 4) is 5.75 Å². The summed E-state index contributed by atoms with van der Waals surface area (Å²) in [5.41, 5.74) is 8.52. The van der Waals surface area contributed by atoms with Crippen LogP contribution >= 0.6 is 11.6 Å². The van der Waals surface area contributed by atoms with Gasteiger partial charge in [-0.05, 0) is 36.8 Å². The topological polar surface area (TPSA) is 61.0 Å². The Morgan fingerprint density at radius 2 is 1.95 bits per heavy atom. The first kappa shape index (κ1) is 14.6. The normalized spacial score (nSPS) is 10.8. The molecule has 0 saturated heterocycles. The van der Waals surface area contributed by atoms with E-state index in [0.29, 0.717) is 18.1 Å². The number of nitrogens with zero attached hydrogens (tertiary/aromatic N) is 2. The summed E-state index contributed by atoms with van der Waals surface area (Å²) in [6.45, 7) is 2.54. The number of nitrogen functional groups attached to an aromatic ring is 1. The van der Waals surface area contributed by atoms with Crippen molar-refractivity contribution in [2.24, 2.45) is 0 Å². The molecule has 0 atom stereocenters. The minimum Gasteiger partial charge on any atom is -0.493 e. The summed E-state index contributed by atoms with van der Waals surface area (Å²) in [5.74, 6) is 1.15. The van der Waals surface area contributed by atoms with E-state index in [4.69, 9.17) is 22.1 Å². The maximum Gasteiger partial charge on any atom is 0.220 e. The van der Waals surface area contributed by atoms with Gasteiger partial charge in [0.2, 0.25) is 5.95 Å². The first-order chi connectivity index (χ1) is 10.6. The lowest BCUT2D eigenvalue weighted by molar-refractivity contribution is 0.319. The van der Waals surface area contributed by atoms with Gasteiger partial charge >= 0.3 is 0 Å². The Balaban J connectivity index is 1.82. The van der Waals surface area contributed by atoms with Gasteiger partial charge in [0.05, 0.1) is 17.8 Å². The zero-order valence-corrected chi connectivity index (χ0v) is 13.0. The fraction of sp³-hybridized carbons (Fsp3) is 0.176. The number of anilines is 1. The molecule has 0 aliphatic rings. The Morgan fingerprint density at radius 3 is 2.77 bits per heavy atom. The van der Waals surface area contributed by atoms with Gasteiger partial charge < -0.3 is 10.5 Å². The minimum atomic E-state index is 0.265. The molecule has 0 unspecified atom stereocenters. The number of hydrogen-bond acceptors (Lipinski definition) is 4. The monoisotopic (exact) mass is 313 g/mol. The van der Waals surface area contributed by atoms with E-state index in [9.17, 15) is 0 Å². The number of nitrogens with two attached hydrogens (primary N) is 1. The largest absolute Gasteiger partial charge is 0.493 e. The molecular formula is C17H16ClN3O. The Hall–Kier alpha value is -2.33. The van der Waals surface area contributed by atoms with Gasteiger partial charge in [0.1, 0.15) is 5.75 Å². The third-order valence-electron chi connectivity index (χ3n) is 3.44. The molecule has 2 N–H and O–H groups in total. The summed E-state index contributed by atoms with van der Waals surface area (Å²) in [6.07, 6.45) is 0.637. The number of aromatic nitrogens is 2. The van der Waals surface area contributed by atoms with Crippen molar-refractivity contribution < 1.29 is 4.74 Å². The molecule has 0 fully saturated rings. The number of aryl methyl sites for hydroxylation is 1. The maximum absolute atomic E-state index is 6.06. The van der Waals surface area contributed by atoms with Gasteiger partial charge in [0.15, 0.2) is 0 Å². The number of ether oxygens (including phenoxy) is 1. The third-order valence-corrected chi connectivity index (χ3v) is 3.68. The number of para-hydroxylation sites is 1. The van der Waals surface area contributed by atoms with Gasteiger partial charge in [-0.2, -0.15) is 0 Å². The molecule has 4 nitrogen and oxygen atoms in total. The molecule has 0 saturated carbocycles. The van der Waals surface area contributed by atoms with Crippen LogP contribution in [0.25, 0.3) is 10.9 Å². The lowest BCUT2D eigenvalue weighted by Crippen LogP contribution is -2.07. The number of hydrogen-bond donors (Lipinski definition) is 1. The van der Waals surface area contributed by atoms with Crippen molar-refractivity contribution in [1.82, 2.24) is 9.97 Å². The molecule has 0 spiro atoms. The zero-order valence-electron chi connectivity index (χ0n) is 12.2. The fourth-order valence-corrected chi connectivity index (χ4v) is 2.52. The van der Waals surface area contributed by atoms with Crippen LogP contribution in [0.1, 0.15) is 11.3 Å². The predicted octanol–water partition coefficient (Wildman–Crippen LogP) is 3.80. The Labute approximate surface area is 133 Å². The number of benzene rings is 2. The highest BCUT2D eigenvalue weighted by atomic mass is 35.5. The molecule has 5 heteroatoms. The van der Waals surface area contributed by atoms with E-state index >= 15 is 0 Å². The van der Waals surface area contributed by atoms with Crippen molar-refractivity contribution in [3.05, 3.63) is 58.7 Å². The third kappa shape index (κ3) is 3.12. The van der Waals surface area contributed by atoms with E-state index in [1.807, 2.05) is 43.3 Å². The molecule has 0 aliphatic heterocycles. The molecule has 112 valence electrons. The lowest BCUT2D eigenvalue weighted by Gasteiger charge is -2.10. The first-order valence-electron chi connectivity index (χ1n) is 7.03. The van der Waals surface area contributed by atoms with E-state index in [1.54, 1.807) is 6.07 Å². The van der Waals surface area contributed by atoms with Crippen LogP contribution in [-0.4, -0.2) is 16.6 Å². The highest BCUT2D eigenvalue weighted by Crippen LogP contribution is 2.22. The van der Waals surface area contributed by atoms with Crippen LogP contribution < -0.4 is 10.5 Å². The molecule has 1 aromatic heterocycles. The SMILES string of the molecule is Cc1ccccc1OCCc1nc(N)nc2ccc(Cl)cc12.